The second-order valence-corrected chi connectivity index (χ2v) is 6.67. The predicted octanol–water partition coefficient (Wildman–Crippen LogP) is 3.86. The summed E-state index contributed by atoms with van der Waals surface area (Å²) in [5.41, 5.74) is 2.37. The van der Waals surface area contributed by atoms with Gasteiger partial charge < -0.3 is 19.8 Å². The molecule has 2 N–H and O–H groups in total. The Hall–Kier alpha value is -1.75. The summed E-state index contributed by atoms with van der Waals surface area (Å²) in [5.74, 6) is 1.75. The van der Waals surface area contributed by atoms with Gasteiger partial charge in [0.1, 0.15) is 22.9 Å². The van der Waals surface area contributed by atoms with E-state index in [0.717, 1.165) is 16.9 Å². The highest BCUT2D eigenvalue weighted by Gasteiger charge is 2.15. The third-order valence-corrected chi connectivity index (χ3v) is 4.54. The van der Waals surface area contributed by atoms with Crippen LogP contribution in [-0.2, 0) is 23.6 Å². The molecule has 1 aromatic carbocycles. The number of benzene rings is 1. The molecule has 0 aliphatic rings. The number of esters is 1. The number of hydrogen-bond donors (Lipinski definition) is 2. The van der Waals surface area contributed by atoms with Gasteiger partial charge in [-0.05, 0) is 42.5 Å². The number of furan rings is 1. The van der Waals surface area contributed by atoms with Gasteiger partial charge in [0, 0.05) is 19.3 Å². The smallest absolute Gasteiger partial charge is 0.341 e. The van der Waals surface area contributed by atoms with Crippen LogP contribution in [0.3, 0.4) is 0 Å². The predicted molar refractivity (Wildman–Crippen MR) is 121 cm³/mol. The monoisotopic (exact) mass is 521 g/mol. The van der Waals surface area contributed by atoms with Gasteiger partial charge in [-0.1, -0.05) is 6.07 Å². The zero-order valence-corrected chi connectivity index (χ0v) is 19.4. The van der Waals surface area contributed by atoms with Gasteiger partial charge in [-0.25, -0.2) is 9.18 Å². The van der Waals surface area contributed by atoms with Crippen LogP contribution in [0.15, 0.2) is 33.7 Å². The lowest BCUT2D eigenvalue weighted by molar-refractivity contribution is 0.0599. The molecule has 2 rings (SSSR count). The van der Waals surface area contributed by atoms with Gasteiger partial charge in [0.25, 0.3) is 0 Å². The van der Waals surface area contributed by atoms with Gasteiger partial charge in [-0.15, -0.1) is 24.0 Å². The van der Waals surface area contributed by atoms with Crippen molar-refractivity contribution < 1.29 is 18.3 Å². The average Bonchev–Trinajstić information content (AvgIpc) is 3.03. The molecular formula is C19H25FIN3O3S. The molecule has 0 aliphatic carbocycles. The number of hydrogen-bond acceptors (Lipinski definition) is 5. The van der Waals surface area contributed by atoms with Crippen LogP contribution in [0.4, 0.5) is 4.39 Å². The first-order valence-electron chi connectivity index (χ1n) is 8.36. The Morgan fingerprint density at radius 1 is 1.25 bits per heavy atom. The lowest BCUT2D eigenvalue weighted by Crippen LogP contribution is -2.36. The number of guanidine groups is 1. The van der Waals surface area contributed by atoms with Gasteiger partial charge in [0.15, 0.2) is 5.96 Å². The Morgan fingerprint density at radius 3 is 2.61 bits per heavy atom. The Balaban J connectivity index is 0.00000392. The van der Waals surface area contributed by atoms with Crippen molar-refractivity contribution >= 4 is 47.7 Å². The molecule has 0 saturated carbocycles. The summed E-state index contributed by atoms with van der Waals surface area (Å²) in [6.07, 6.45) is 1.98. The van der Waals surface area contributed by atoms with Crippen molar-refractivity contribution in [1.82, 2.24) is 10.6 Å². The van der Waals surface area contributed by atoms with Crippen LogP contribution in [0.2, 0.25) is 0 Å². The lowest BCUT2D eigenvalue weighted by atomic mass is 10.1. The highest BCUT2D eigenvalue weighted by atomic mass is 127. The Bertz CT molecular complexity index is 827. The molecule has 0 unspecified atom stereocenters. The first-order chi connectivity index (χ1) is 13.0. The molecule has 0 fully saturated rings. The summed E-state index contributed by atoms with van der Waals surface area (Å²) in [6.45, 7) is 2.59. The lowest BCUT2D eigenvalue weighted by Gasteiger charge is -2.13. The molecule has 0 saturated heterocycles. The number of nitrogens with one attached hydrogen (secondary N) is 2. The minimum Gasteiger partial charge on any atom is -0.465 e. The topological polar surface area (TPSA) is 75.9 Å². The number of halogens is 2. The SMILES string of the molecule is CN=C(NCc1cc(C(=O)OC)c(C)o1)NCc1ccc(F)cc1CSC.I. The number of carbonyl (C=O) groups is 1. The van der Waals surface area contributed by atoms with Crippen LogP contribution in [-0.4, -0.2) is 32.3 Å². The van der Waals surface area contributed by atoms with Crippen LogP contribution in [0.25, 0.3) is 0 Å². The molecule has 0 amide bonds. The second kappa shape index (κ2) is 11.9. The largest absolute Gasteiger partial charge is 0.465 e. The van der Waals surface area contributed by atoms with Gasteiger partial charge in [0.2, 0.25) is 0 Å². The first-order valence-corrected chi connectivity index (χ1v) is 9.76. The highest BCUT2D eigenvalue weighted by Crippen LogP contribution is 2.17. The molecule has 1 aromatic heterocycles. The second-order valence-electron chi connectivity index (χ2n) is 5.80. The molecule has 2 aromatic rings. The molecule has 6 nitrogen and oxygen atoms in total. The van der Waals surface area contributed by atoms with Crippen LogP contribution in [0.1, 0.15) is 33.0 Å². The van der Waals surface area contributed by atoms with E-state index in [0.29, 0.717) is 36.1 Å². The highest BCUT2D eigenvalue weighted by molar-refractivity contribution is 14.0. The minimum atomic E-state index is -0.428. The maximum Gasteiger partial charge on any atom is 0.341 e. The zero-order chi connectivity index (χ0) is 19.8. The standard InChI is InChI=1S/C19H24FN3O3S.HI/c1-12-17(18(24)25-3)8-16(26-12)10-23-19(21-2)22-9-13-5-6-15(20)7-14(13)11-27-4;/h5-8H,9-11H2,1-4H3,(H2,21,22,23);1H. The van der Waals surface area contributed by atoms with E-state index in [1.54, 1.807) is 43.9 Å². The van der Waals surface area contributed by atoms with Crippen LogP contribution in [0.5, 0.6) is 0 Å². The van der Waals surface area contributed by atoms with E-state index < -0.39 is 5.97 Å². The molecule has 0 aliphatic heterocycles. The summed E-state index contributed by atoms with van der Waals surface area (Å²) >= 11 is 1.64. The van der Waals surface area contributed by atoms with Gasteiger partial charge in [-0.3, -0.25) is 4.99 Å². The minimum absolute atomic E-state index is 0. The van der Waals surface area contributed by atoms with Gasteiger partial charge in [0.05, 0.1) is 13.7 Å². The van der Waals surface area contributed by atoms with E-state index >= 15 is 0 Å². The fourth-order valence-electron chi connectivity index (χ4n) is 2.57. The summed E-state index contributed by atoms with van der Waals surface area (Å²) in [4.78, 5) is 15.8. The fraction of sp³-hybridized carbons (Fsp3) is 0.368. The molecule has 0 radical (unpaired) electrons. The third-order valence-electron chi connectivity index (χ3n) is 3.94. The number of rotatable bonds is 7. The Kier molecular flexibility index (Phi) is 10.4. The Labute approximate surface area is 185 Å². The molecule has 0 bridgehead atoms. The summed E-state index contributed by atoms with van der Waals surface area (Å²) in [7, 11) is 3.00. The number of methoxy groups -OCH3 is 1. The molecule has 1 heterocycles. The quantitative estimate of drug-likeness (QED) is 0.250. The molecule has 9 heteroatoms. The van der Waals surface area contributed by atoms with Gasteiger partial charge in [-0.2, -0.15) is 11.8 Å². The van der Waals surface area contributed by atoms with Crippen molar-refractivity contribution in [2.75, 3.05) is 20.4 Å². The first kappa shape index (κ1) is 24.3. The maximum atomic E-state index is 13.5. The summed E-state index contributed by atoms with van der Waals surface area (Å²) < 4.78 is 23.7. The molecule has 154 valence electrons. The number of aliphatic imine (C=N–C) groups is 1. The van der Waals surface area contributed by atoms with E-state index in [4.69, 9.17) is 9.15 Å². The average molecular weight is 521 g/mol. The number of carbonyl (C=O) groups excluding carboxylic acids is 1. The molecule has 0 spiro atoms. The fourth-order valence-corrected chi connectivity index (χ4v) is 3.15. The number of nitrogens with zero attached hydrogens (tertiary/aromatic N) is 1. The molecular weight excluding hydrogens is 496 g/mol. The van der Waals surface area contributed by atoms with E-state index in [1.165, 1.54) is 13.2 Å². The van der Waals surface area contributed by atoms with Crippen molar-refractivity contribution in [2.24, 2.45) is 4.99 Å². The number of thioether (sulfide) groups is 1. The van der Waals surface area contributed by atoms with E-state index in [2.05, 4.69) is 15.6 Å². The Morgan fingerprint density at radius 2 is 1.96 bits per heavy atom. The van der Waals surface area contributed by atoms with Crippen molar-refractivity contribution in [2.45, 2.75) is 25.8 Å². The van der Waals surface area contributed by atoms with Crippen LogP contribution < -0.4 is 10.6 Å². The third kappa shape index (κ3) is 6.69. The van der Waals surface area contributed by atoms with Gasteiger partial charge >= 0.3 is 5.97 Å². The zero-order valence-electron chi connectivity index (χ0n) is 16.3. The molecule has 28 heavy (non-hydrogen) atoms. The summed E-state index contributed by atoms with van der Waals surface area (Å²) in [5, 5.41) is 6.33. The van der Waals surface area contributed by atoms with Crippen molar-refractivity contribution in [3.8, 4) is 0 Å². The van der Waals surface area contributed by atoms with Crippen molar-refractivity contribution in [3.63, 3.8) is 0 Å². The van der Waals surface area contributed by atoms with Crippen LogP contribution in [0, 0.1) is 12.7 Å². The summed E-state index contributed by atoms with van der Waals surface area (Å²) in [6, 6.07) is 6.44. The number of ether oxygens (including phenoxy) is 1. The molecule has 0 atom stereocenters. The van der Waals surface area contributed by atoms with Crippen molar-refractivity contribution in [3.05, 3.63) is 58.3 Å². The number of aryl methyl sites for hydroxylation is 1. The maximum absolute atomic E-state index is 13.5. The van der Waals surface area contributed by atoms with E-state index in [9.17, 15) is 9.18 Å². The van der Waals surface area contributed by atoms with Crippen molar-refractivity contribution in [1.29, 1.82) is 0 Å². The van der Waals surface area contributed by atoms with E-state index in [-0.39, 0.29) is 29.8 Å². The van der Waals surface area contributed by atoms with Crippen LogP contribution >= 0.6 is 35.7 Å². The normalized spacial score (nSPS) is 11.0. The van der Waals surface area contributed by atoms with E-state index in [1.807, 2.05) is 6.26 Å².